The van der Waals surface area contributed by atoms with Crippen molar-refractivity contribution in [1.29, 1.82) is 0 Å². The molecule has 9 aromatic rings. The highest BCUT2D eigenvalue weighted by atomic mass is 79.9. The van der Waals surface area contributed by atoms with Gasteiger partial charge >= 0.3 is 0 Å². The van der Waals surface area contributed by atoms with Gasteiger partial charge in [0, 0.05) is 117 Å². The lowest BCUT2D eigenvalue weighted by atomic mass is 9.93. The van der Waals surface area contributed by atoms with E-state index in [0.29, 0.717) is 0 Å². The van der Waals surface area contributed by atoms with Crippen LogP contribution in [-0.2, 0) is 0 Å². The maximum absolute atomic E-state index is 4.31. The van der Waals surface area contributed by atoms with Crippen LogP contribution in [0.3, 0.4) is 0 Å². The maximum Gasteiger partial charge on any atom is 0.149 e. The fourth-order valence-corrected chi connectivity index (χ4v) is 10.4. The Morgan fingerprint density at radius 3 is 1.16 bits per heavy atom. The minimum absolute atomic E-state index is 0.973. The Hall–Kier alpha value is -4.14. The topological polar surface area (TPSA) is 80.0 Å². The standard InChI is InChI=1S/C18H19N.C11H15N3.2C10H15N.C9H12BrN.C9H21N.C7H13N3.6CH3Br/c1-12-15-7-5-6-8-16(15)13(2)18-11-14(19(3)4)9-10-17(12)18;1-7-5-9(14(3)4)8(2)11-10(7)12-6-13-11;1-8-5-9(2)7-10(6-8)11(3)4;1-8-5-6-10(11(3)4)7-9(8)2;1-7-6-8(11(2)3)4-5-9(7)10;1-4-7-10(8-5-2)9-6-3;1-5-7(10(3)4)9-6(2)8-5;6*1-2/h5-11H,1-4H3;5-6H,1-4H3,(H,12,13);2*5-7H,1-4H3;4-6H,1-3H3;4-9H2,1-3H3;1-4H3,(H,8,9);6*1H3. The molecule has 11 nitrogen and oxygen atoms in total. The Bertz CT molecular complexity index is 3430. The van der Waals surface area contributed by atoms with E-state index in [9.17, 15) is 0 Å². The van der Waals surface area contributed by atoms with Crippen molar-refractivity contribution in [2.75, 3.05) is 169 Å². The number of nitrogens with zero attached hydrogens (tertiary/aromatic N) is 9. The minimum Gasteiger partial charge on any atom is -0.378 e. The lowest BCUT2D eigenvalue weighted by Crippen LogP contribution is -2.25. The summed E-state index contributed by atoms with van der Waals surface area (Å²) in [7, 11) is 24.6. The lowest BCUT2D eigenvalue weighted by molar-refractivity contribution is 0.275. The number of aromatic nitrogens is 4. The van der Waals surface area contributed by atoms with Crippen LogP contribution in [0, 0.1) is 76.2 Å². The highest BCUT2D eigenvalue weighted by Gasteiger charge is 2.12. The molecule has 552 valence electrons. The normalized spacial score (nSPS) is 9.51. The summed E-state index contributed by atoms with van der Waals surface area (Å²) in [5.41, 5.74) is 21.5. The van der Waals surface area contributed by atoms with Gasteiger partial charge in [-0.3, -0.25) is 0 Å². The van der Waals surface area contributed by atoms with Crippen molar-refractivity contribution < 1.29 is 0 Å². The first-order valence-electron chi connectivity index (χ1n) is 32.8. The molecule has 0 aliphatic rings. The molecule has 0 aliphatic heterocycles. The van der Waals surface area contributed by atoms with Gasteiger partial charge < -0.3 is 44.3 Å². The molecule has 2 N–H and O–H groups in total. The number of aromatic amines is 2. The Kier molecular flexibility index (Phi) is 58.7. The Morgan fingerprint density at radius 1 is 0.378 bits per heavy atom. The third kappa shape index (κ3) is 36.1. The number of hydrogen-bond donors (Lipinski definition) is 2. The average molecular weight is 1800 g/mol. The molecule has 0 saturated carbocycles. The van der Waals surface area contributed by atoms with Crippen LogP contribution in [0.5, 0.6) is 0 Å². The second-order valence-corrected chi connectivity index (χ2v) is 24.9. The number of nitrogens with one attached hydrogen (secondary N) is 2. The number of hydrogen-bond acceptors (Lipinski definition) is 9. The molecule has 98 heavy (non-hydrogen) atoms. The zero-order valence-electron chi connectivity index (χ0n) is 66.3. The fourth-order valence-electron chi connectivity index (χ4n) is 10.2. The quantitative estimate of drug-likeness (QED) is 0.0918. The molecule has 0 bridgehead atoms. The number of anilines is 6. The number of aryl methyl sites for hydroxylation is 11. The van der Waals surface area contributed by atoms with Gasteiger partial charge in [-0.2, -0.15) is 0 Å². The van der Waals surface area contributed by atoms with Gasteiger partial charge in [0.2, 0.25) is 0 Å². The van der Waals surface area contributed by atoms with Gasteiger partial charge in [-0.05, 0) is 282 Å². The third-order valence-corrected chi connectivity index (χ3v) is 16.0. The fraction of sp³-hybridized carbons (Fsp3) is 0.475. The number of H-pyrrole nitrogens is 2. The van der Waals surface area contributed by atoms with Crippen LogP contribution in [0.4, 0.5) is 34.3 Å². The van der Waals surface area contributed by atoms with E-state index >= 15 is 0 Å². The van der Waals surface area contributed by atoms with Crippen molar-refractivity contribution in [3.63, 3.8) is 0 Å². The summed E-state index contributed by atoms with van der Waals surface area (Å²) in [6.07, 6.45) is 5.63. The highest BCUT2D eigenvalue weighted by molar-refractivity contribution is 9.10. The molecule has 0 spiro atoms. The maximum atomic E-state index is 4.31. The van der Waals surface area contributed by atoms with Crippen molar-refractivity contribution >= 4 is 178 Å². The van der Waals surface area contributed by atoms with E-state index in [2.05, 4.69) is 403 Å². The van der Waals surface area contributed by atoms with E-state index in [0.717, 1.165) is 28.4 Å². The first-order valence-corrected chi connectivity index (χ1v) is 43.1. The van der Waals surface area contributed by atoms with E-state index in [1.165, 1.54) is 143 Å². The summed E-state index contributed by atoms with van der Waals surface area (Å²) in [4.78, 5) is 30.1. The first-order chi connectivity index (χ1) is 46.5. The van der Waals surface area contributed by atoms with E-state index < -0.39 is 0 Å². The summed E-state index contributed by atoms with van der Waals surface area (Å²) in [5, 5.41) is 5.46. The van der Waals surface area contributed by atoms with Crippen LogP contribution in [0.15, 0.2) is 114 Å². The largest absolute Gasteiger partial charge is 0.378 e. The summed E-state index contributed by atoms with van der Waals surface area (Å²) >= 11 is 21.1. The number of imidazole rings is 2. The molecule has 7 aromatic carbocycles. The zero-order valence-corrected chi connectivity index (χ0v) is 77.4. The van der Waals surface area contributed by atoms with Crippen LogP contribution in [0.2, 0.25) is 0 Å². The third-order valence-electron chi connectivity index (χ3n) is 15.1. The highest BCUT2D eigenvalue weighted by Crippen LogP contribution is 2.34. The van der Waals surface area contributed by atoms with E-state index in [-0.39, 0.29) is 0 Å². The molecule has 0 aliphatic carbocycles. The minimum atomic E-state index is 0.973. The predicted octanol–water partition coefficient (Wildman–Crippen LogP) is 24.2. The van der Waals surface area contributed by atoms with Crippen molar-refractivity contribution in [2.45, 2.75) is 116 Å². The number of alkyl halides is 6. The first kappa shape index (κ1) is 100. The molecule has 9 rings (SSSR count). The second-order valence-electron chi connectivity index (χ2n) is 24.0. The van der Waals surface area contributed by atoms with Crippen LogP contribution in [0.25, 0.3) is 32.6 Å². The van der Waals surface area contributed by atoms with Crippen molar-refractivity contribution in [2.24, 2.45) is 0 Å². The molecular weight excluding hydrogens is 1670 g/mol. The smallest absolute Gasteiger partial charge is 0.149 e. The van der Waals surface area contributed by atoms with Crippen LogP contribution in [-0.4, -0.2) is 164 Å². The zero-order chi connectivity index (χ0) is 76.7. The van der Waals surface area contributed by atoms with Gasteiger partial charge in [0.05, 0.1) is 23.1 Å². The summed E-state index contributed by atoms with van der Waals surface area (Å²) in [6, 6.07) is 37.0. The Morgan fingerprint density at radius 2 is 0.786 bits per heavy atom. The van der Waals surface area contributed by atoms with E-state index in [1.54, 1.807) is 6.33 Å². The van der Waals surface area contributed by atoms with Crippen LogP contribution in [0.1, 0.15) is 102 Å². The second kappa shape index (κ2) is 57.4. The van der Waals surface area contributed by atoms with Gasteiger partial charge in [0.1, 0.15) is 11.6 Å². The molecule has 2 heterocycles. The molecule has 0 amide bonds. The van der Waals surface area contributed by atoms with Gasteiger partial charge in [-0.15, -0.1) is 0 Å². The molecule has 0 atom stereocenters. The monoisotopic (exact) mass is 1800 g/mol. The van der Waals surface area contributed by atoms with Gasteiger partial charge in [-0.25, -0.2) is 9.97 Å². The average Bonchev–Trinajstić information content (AvgIpc) is 0.859. The number of rotatable bonds is 12. The Labute approximate surface area is 657 Å². The lowest BCUT2D eigenvalue weighted by Gasteiger charge is -2.19. The summed E-state index contributed by atoms with van der Waals surface area (Å²) < 4.78 is 1.17. The molecule has 0 fully saturated rings. The molecule has 0 radical (unpaired) electrons. The number of benzene rings is 7. The van der Waals surface area contributed by atoms with Crippen molar-refractivity contribution in [3.05, 3.63) is 176 Å². The van der Waals surface area contributed by atoms with Gasteiger partial charge in [-0.1, -0.05) is 175 Å². The molecule has 0 saturated heterocycles. The molecule has 0 unspecified atom stereocenters. The van der Waals surface area contributed by atoms with Crippen LogP contribution < -0.4 is 29.4 Å². The van der Waals surface area contributed by atoms with Crippen LogP contribution >= 0.6 is 112 Å². The number of halogens is 7. The van der Waals surface area contributed by atoms with Gasteiger partial charge in [0.15, 0.2) is 0 Å². The van der Waals surface area contributed by atoms with Crippen molar-refractivity contribution in [3.8, 4) is 0 Å². The van der Waals surface area contributed by atoms with E-state index in [4.69, 9.17) is 0 Å². The summed E-state index contributed by atoms with van der Waals surface area (Å²) in [5.74, 6) is 12.9. The molecular formula is C80H128Br7N11. The Balaban J connectivity index is -0.000000518. The molecule has 18 heteroatoms. The predicted molar refractivity (Wildman–Crippen MR) is 478 cm³/mol. The van der Waals surface area contributed by atoms with Gasteiger partial charge in [0.25, 0.3) is 0 Å². The van der Waals surface area contributed by atoms with Crippen molar-refractivity contribution in [1.82, 2.24) is 24.8 Å². The summed E-state index contributed by atoms with van der Waals surface area (Å²) in [6.45, 7) is 33.8. The number of fused-ring (bicyclic) bond motifs is 3. The SMILES string of the molecule is CBr.CBr.CBr.CBr.CBr.CBr.CCCN(CCC)CCC.Cc1c2ccccc2c(C)c2cc(N(C)C)ccc12.Cc1cc(C)cc(N(C)C)c1.Cc1cc(N(C)C)c(C)c2[nH]cnc12.Cc1cc(N(C)C)ccc1Br.Cc1ccc(N(C)C)cc1C.Cc1nc(N(C)C)c(C)[nH]1. The van der Waals surface area contributed by atoms with E-state index in [1.807, 2.05) is 81.9 Å². The molecule has 2 aromatic heterocycles.